The number of hydrogen-bond acceptors (Lipinski definition) is 7. The molecule has 6 aromatic carbocycles. The van der Waals surface area contributed by atoms with Gasteiger partial charge in [0.15, 0.2) is 0 Å². The van der Waals surface area contributed by atoms with Gasteiger partial charge in [0.05, 0.1) is 9.49 Å². The SMILES string of the molecule is Cc1sc(-c2ccc(CN(CCN3C(=O)c4cccc5cccc(c45)C3=O)Cc3ccc(C4=CC5=C6C(=C7c8ccccc8SC7(C)C5(C)S4)C(F)(F)C(F)(F)C6(F)F)cc3)cc2)cc1C1=C(c2c(C)sc3ccccc23)C(F)(F)C(F)(F)C1(F)F. The van der Waals surface area contributed by atoms with E-state index >= 15 is 52.7 Å². The number of fused-ring (bicyclic) bond motifs is 7. The Morgan fingerprint density at radius 3 is 1.69 bits per heavy atom. The maximum Gasteiger partial charge on any atom is 0.380 e. The van der Waals surface area contributed by atoms with Gasteiger partial charge in [-0.15, -0.1) is 46.2 Å². The lowest BCUT2D eigenvalue weighted by molar-refractivity contribution is -0.257. The fourth-order valence-corrected chi connectivity index (χ4v) is 18.6. The molecule has 6 aliphatic rings. The minimum Gasteiger partial charge on any atom is -0.293 e. The van der Waals surface area contributed by atoms with Crippen LogP contribution in [0.4, 0.5) is 52.7 Å². The van der Waals surface area contributed by atoms with Crippen LogP contribution < -0.4 is 0 Å². The van der Waals surface area contributed by atoms with Gasteiger partial charge in [0.2, 0.25) is 0 Å². The summed E-state index contributed by atoms with van der Waals surface area (Å²) in [6, 6.07) is 38.1. The first-order valence-corrected chi connectivity index (χ1v) is 30.4. The largest absolute Gasteiger partial charge is 0.380 e. The van der Waals surface area contributed by atoms with Crippen LogP contribution in [0.3, 0.4) is 0 Å². The van der Waals surface area contributed by atoms with Gasteiger partial charge in [-0.05, 0) is 114 Å². The normalized spacial score (nSPS) is 23.5. The lowest BCUT2D eigenvalue weighted by Gasteiger charge is -2.47. The van der Waals surface area contributed by atoms with Gasteiger partial charge in [0.25, 0.3) is 11.8 Å². The Morgan fingerprint density at radius 1 is 0.500 bits per heavy atom. The van der Waals surface area contributed by atoms with Crippen molar-refractivity contribution in [1.82, 2.24) is 9.80 Å². The van der Waals surface area contributed by atoms with Crippen LogP contribution in [0.15, 0.2) is 167 Å². The number of allylic oxidation sites excluding steroid dienone is 5. The summed E-state index contributed by atoms with van der Waals surface area (Å²) >= 11 is 4.35. The highest BCUT2D eigenvalue weighted by Crippen LogP contribution is 2.77. The topological polar surface area (TPSA) is 40.6 Å². The average molecular weight is 1250 g/mol. The molecule has 5 heterocycles. The molecule has 2 atom stereocenters. The Labute approximate surface area is 500 Å². The fraction of sp³-hybridized carbons (Fsp3) is 0.242. The van der Waals surface area contributed by atoms with E-state index in [1.165, 1.54) is 60.9 Å². The van der Waals surface area contributed by atoms with E-state index in [0.717, 1.165) is 39.8 Å². The number of carbonyl (C=O) groups is 2. The van der Waals surface area contributed by atoms with Gasteiger partial charge in [-0.3, -0.25) is 19.4 Å². The van der Waals surface area contributed by atoms with Crippen LogP contribution in [0.2, 0.25) is 0 Å². The number of benzene rings is 6. The second-order valence-electron chi connectivity index (χ2n) is 22.7. The van der Waals surface area contributed by atoms with Crippen molar-refractivity contribution < 1.29 is 62.3 Å². The molecule has 3 aliphatic carbocycles. The van der Waals surface area contributed by atoms with Crippen LogP contribution in [-0.2, 0) is 13.1 Å². The van der Waals surface area contributed by atoms with E-state index < -0.39 is 84.7 Å². The summed E-state index contributed by atoms with van der Waals surface area (Å²) in [6.07, 6.45) is 1.33. The molecule has 4 nitrogen and oxygen atoms in total. The van der Waals surface area contributed by atoms with Gasteiger partial charge < -0.3 is 0 Å². The number of halogens is 12. The van der Waals surface area contributed by atoms with Crippen molar-refractivity contribution >= 4 is 100 Å². The van der Waals surface area contributed by atoms with E-state index in [9.17, 15) is 9.59 Å². The molecule has 2 aromatic heterocycles. The number of alkyl halides is 12. The molecule has 0 spiro atoms. The molecular weight excluding hydrogens is 1210 g/mol. The summed E-state index contributed by atoms with van der Waals surface area (Å²) in [7, 11) is 0. The minimum absolute atomic E-state index is 0.0575. The van der Waals surface area contributed by atoms with E-state index in [2.05, 4.69) is 0 Å². The molecule has 2 amide bonds. The highest BCUT2D eigenvalue weighted by Gasteiger charge is 2.85. The van der Waals surface area contributed by atoms with Crippen molar-refractivity contribution in [1.29, 1.82) is 0 Å². The standard InChI is InChI=1S/C66H44F12N2O2S4/c1-33-44(53-55(63(71,72)65(75,76)61(53,67)68)50-34(2)84-46-17-7-5-13-40(46)50)29-48(83-33)37-23-19-35(20-24-37)31-79(27-28-80-57(81)42-15-9-11-39-12-10-16-43(51(39)42)58(80)82)32-36-21-25-38(26-22-36)49-30-45-54-56(64(73,74)66(77,78)62(54,69)70)52-41-14-6-8-18-47(41)85-60(52,4)59(45,3)86-49/h5-26,29-30H,27-28,31-32H2,1-4H3. The summed E-state index contributed by atoms with van der Waals surface area (Å²) in [5.41, 5.74) is -3.54. The minimum atomic E-state index is -5.75. The molecule has 1 fully saturated rings. The molecule has 0 radical (unpaired) electrons. The van der Waals surface area contributed by atoms with Crippen molar-refractivity contribution in [3.05, 3.63) is 217 Å². The molecule has 0 N–H and O–H groups in total. The zero-order chi connectivity index (χ0) is 60.8. The third-order valence-corrected chi connectivity index (χ3v) is 23.3. The summed E-state index contributed by atoms with van der Waals surface area (Å²) in [4.78, 5) is 32.9. The van der Waals surface area contributed by atoms with E-state index in [1.54, 1.807) is 117 Å². The maximum atomic E-state index is 16.2. The third-order valence-electron chi connectivity index (χ3n) is 17.8. The lowest BCUT2D eigenvalue weighted by atomic mass is 9.69. The Bertz CT molecular complexity index is 4390. The summed E-state index contributed by atoms with van der Waals surface area (Å²) in [6.45, 7) is 6.58. The molecule has 1 saturated carbocycles. The highest BCUT2D eigenvalue weighted by atomic mass is 32.2. The number of thiophene rings is 2. The van der Waals surface area contributed by atoms with Gasteiger partial charge >= 0.3 is 35.5 Å². The number of aryl methyl sites for hydroxylation is 2. The third kappa shape index (κ3) is 7.57. The number of rotatable bonds is 11. The Balaban J connectivity index is 0.784. The summed E-state index contributed by atoms with van der Waals surface area (Å²) in [5, 5.41) is 1.44. The molecule has 0 saturated heterocycles. The molecule has 0 bridgehead atoms. The first kappa shape index (κ1) is 56.9. The molecule has 86 heavy (non-hydrogen) atoms. The van der Waals surface area contributed by atoms with Crippen molar-refractivity contribution in [2.45, 2.75) is 90.7 Å². The molecule has 3 aliphatic heterocycles. The monoisotopic (exact) mass is 1250 g/mol. The number of imide groups is 1. The Hall–Kier alpha value is -6.84. The predicted molar refractivity (Wildman–Crippen MR) is 316 cm³/mol. The van der Waals surface area contributed by atoms with Crippen LogP contribution in [-0.4, -0.2) is 79.7 Å². The smallest absolute Gasteiger partial charge is 0.293 e. The van der Waals surface area contributed by atoms with Gasteiger partial charge in [-0.1, -0.05) is 109 Å². The molecule has 2 unspecified atom stereocenters. The van der Waals surface area contributed by atoms with Crippen LogP contribution in [0.5, 0.6) is 0 Å². The van der Waals surface area contributed by atoms with Crippen molar-refractivity contribution in [2.24, 2.45) is 0 Å². The summed E-state index contributed by atoms with van der Waals surface area (Å²) < 4.78 is 189. The number of carbonyl (C=O) groups excluding carboxylic acids is 2. The van der Waals surface area contributed by atoms with Crippen LogP contribution in [0.1, 0.15) is 77.7 Å². The second-order valence-corrected chi connectivity index (χ2v) is 28.1. The van der Waals surface area contributed by atoms with E-state index in [0.29, 0.717) is 58.1 Å². The first-order chi connectivity index (χ1) is 40.6. The molecule has 8 aromatic rings. The van der Waals surface area contributed by atoms with Crippen LogP contribution in [0, 0.1) is 13.8 Å². The van der Waals surface area contributed by atoms with Crippen molar-refractivity contribution in [3.8, 4) is 10.4 Å². The van der Waals surface area contributed by atoms with Crippen molar-refractivity contribution in [2.75, 3.05) is 13.1 Å². The number of hydrogen-bond donors (Lipinski definition) is 0. The van der Waals surface area contributed by atoms with E-state index in [-0.39, 0.29) is 63.6 Å². The Kier molecular flexibility index (Phi) is 12.5. The van der Waals surface area contributed by atoms with Crippen molar-refractivity contribution in [3.63, 3.8) is 0 Å². The zero-order valence-electron chi connectivity index (χ0n) is 45.6. The van der Waals surface area contributed by atoms with Gasteiger partial charge in [-0.2, -0.15) is 52.7 Å². The number of amides is 2. The maximum absolute atomic E-state index is 16.2. The highest BCUT2D eigenvalue weighted by molar-refractivity contribution is 8.11. The predicted octanol–water partition coefficient (Wildman–Crippen LogP) is 18.9. The Morgan fingerprint density at radius 2 is 1.05 bits per heavy atom. The van der Waals surface area contributed by atoms with E-state index in [4.69, 9.17) is 0 Å². The first-order valence-electron chi connectivity index (χ1n) is 27.2. The van der Waals surface area contributed by atoms with Crippen LogP contribution in [0.25, 0.3) is 52.9 Å². The fourth-order valence-electron chi connectivity index (χ4n) is 13.4. The van der Waals surface area contributed by atoms with Gasteiger partial charge in [0, 0.05) is 105 Å². The summed E-state index contributed by atoms with van der Waals surface area (Å²) in [5.74, 6) is -33.3. The molecular formula is C66H44F12N2O2S4. The number of nitrogens with zero attached hydrogens (tertiary/aromatic N) is 2. The zero-order valence-corrected chi connectivity index (χ0v) is 48.8. The second kappa shape index (κ2) is 18.8. The van der Waals surface area contributed by atoms with E-state index in [1.807, 2.05) is 17.0 Å². The van der Waals surface area contributed by atoms with Gasteiger partial charge in [0.1, 0.15) is 0 Å². The number of thioether (sulfide) groups is 2. The quantitative estimate of drug-likeness (QED) is 0.0953. The van der Waals surface area contributed by atoms with Crippen LogP contribution >= 0.6 is 46.2 Å². The molecule has 438 valence electrons. The molecule has 14 rings (SSSR count). The van der Waals surface area contributed by atoms with Gasteiger partial charge in [-0.25, -0.2) is 0 Å². The lowest BCUT2D eigenvalue weighted by Crippen LogP contribution is -2.48. The molecule has 20 heteroatoms. The average Bonchev–Trinajstić information content (AvgIpc) is 1.49.